The Morgan fingerprint density at radius 1 is 1.16 bits per heavy atom. The first-order chi connectivity index (χ1) is 21.3. The number of hydrogen-bond donors (Lipinski definition) is 7. The van der Waals surface area contributed by atoms with Gasteiger partial charge in [0.15, 0.2) is 17.4 Å². The zero-order valence-electron chi connectivity index (χ0n) is 24.4. The number of aromatic amines is 1. The molecule has 15 nitrogen and oxygen atoms in total. The van der Waals surface area contributed by atoms with E-state index in [4.69, 9.17) is 46.2 Å². The van der Waals surface area contributed by atoms with Crippen LogP contribution in [-0.4, -0.2) is 68.1 Å². The van der Waals surface area contributed by atoms with E-state index in [-0.39, 0.29) is 46.8 Å². The lowest BCUT2D eigenvalue weighted by molar-refractivity contribution is -0.135. The minimum Gasteiger partial charge on any atom is -0.497 e. The second-order valence-electron chi connectivity index (χ2n) is 8.81. The first-order valence-corrected chi connectivity index (χ1v) is 12.8. The average molecular weight is 631 g/mol. The van der Waals surface area contributed by atoms with Gasteiger partial charge >= 0.3 is 5.69 Å². The predicted molar refractivity (Wildman–Crippen MR) is 160 cm³/mol. The summed E-state index contributed by atoms with van der Waals surface area (Å²) in [6.07, 6.45) is 1.47. The third kappa shape index (κ3) is 10.3. The number of alkyl halides is 1. The zero-order chi connectivity index (χ0) is 33.7. The molecule has 45 heavy (non-hydrogen) atoms. The van der Waals surface area contributed by atoms with Gasteiger partial charge in [-0.15, -0.1) is 5.10 Å². The summed E-state index contributed by atoms with van der Waals surface area (Å²) >= 11 is 0. The lowest BCUT2D eigenvalue weighted by Gasteiger charge is -2.21. The number of anilines is 2. The van der Waals surface area contributed by atoms with Crippen molar-refractivity contribution in [2.24, 2.45) is 5.73 Å². The third-order valence-electron chi connectivity index (χ3n) is 5.38. The Balaban J connectivity index is 0.000000789. The maximum atomic E-state index is 15.7. The van der Waals surface area contributed by atoms with Crippen LogP contribution in [0.4, 0.5) is 20.3 Å². The van der Waals surface area contributed by atoms with Crippen molar-refractivity contribution in [3.05, 3.63) is 88.0 Å². The van der Waals surface area contributed by atoms with Crippen molar-refractivity contribution in [2.75, 3.05) is 31.4 Å². The topological polar surface area (TPSA) is 245 Å². The molecular weight excluding hydrogens is 598 g/mol. The number of nitrogen functional groups attached to an aromatic ring is 2. The second kappa shape index (κ2) is 16.6. The van der Waals surface area contributed by atoms with Crippen LogP contribution < -0.4 is 31.9 Å². The van der Waals surface area contributed by atoms with Gasteiger partial charge in [-0.25, -0.2) is 18.6 Å². The number of carbonyl (C=O) groups is 2. The Labute approximate surface area is 254 Å². The standard InChI is InChI=1S/C24H24F2N8O3.2C2H4O2/c1-36-15-11-16(19(26)18(12-15)37-10-8-25)20(31-14-6-4-13(5-7-14)21(27)28)23-32-24(35)34(33-23)17-3-2-9-30-22(17)29;2*1-2(3)4/h2-7,9,11-12,20,31H,8,10H2,1H3,(H3,27,28)(H2,29,30)(H,32,33,35);2*1H3,(H,3,4). The fourth-order valence-corrected chi connectivity index (χ4v) is 3.60. The molecule has 2 aromatic carbocycles. The summed E-state index contributed by atoms with van der Waals surface area (Å²) in [6, 6.07) is 11.3. The van der Waals surface area contributed by atoms with E-state index in [0.29, 0.717) is 11.3 Å². The number of H-pyrrole nitrogens is 1. The van der Waals surface area contributed by atoms with Crippen molar-refractivity contribution in [3.63, 3.8) is 0 Å². The molecule has 4 aromatic rings. The van der Waals surface area contributed by atoms with E-state index in [2.05, 4.69) is 20.4 Å². The predicted octanol–water partition coefficient (Wildman–Crippen LogP) is 2.70. The number of rotatable bonds is 10. The van der Waals surface area contributed by atoms with E-state index in [1.54, 1.807) is 36.4 Å². The highest BCUT2D eigenvalue weighted by Crippen LogP contribution is 2.35. The molecule has 0 saturated heterocycles. The van der Waals surface area contributed by atoms with E-state index in [0.717, 1.165) is 18.5 Å². The largest absolute Gasteiger partial charge is 0.497 e. The number of carboxylic acids is 2. The Hall–Kier alpha value is -6.00. The molecule has 1 unspecified atom stereocenters. The van der Waals surface area contributed by atoms with Gasteiger partial charge in [-0.05, 0) is 42.5 Å². The van der Waals surface area contributed by atoms with Crippen LogP contribution in [0.25, 0.3) is 5.69 Å². The number of nitrogens with zero attached hydrogens (tertiary/aromatic N) is 3. The minimum absolute atomic E-state index is 0.00362. The molecule has 0 fully saturated rings. The van der Waals surface area contributed by atoms with Gasteiger partial charge in [0.05, 0.1) is 7.11 Å². The van der Waals surface area contributed by atoms with Crippen molar-refractivity contribution in [3.8, 4) is 17.2 Å². The van der Waals surface area contributed by atoms with Crippen molar-refractivity contribution in [2.45, 2.75) is 19.9 Å². The molecule has 0 spiro atoms. The molecule has 9 N–H and O–H groups in total. The first kappa shape index (κ1) is 35.2. The molecule has 2 aromatic heterocycles. The van der Waals surface area contributed by atoms with Crippen molar-refractivity contribution >= 4 is 29.3 Å². The summed E-state index contributed by atoms with van der Waals surface area (Å²) < 4.78 is 40.0. The number of nitrogens with one attached hydrogen (secondary N) is 3. The molecule has 0 radical (unpaired) electrons. The monoisotopic (exact) mass is 630 g/mol. The third-order valence-corrected chi connectivity index (χ3v) is 5.38. The van der Waals surface area contributed by atoms with Crippen LogP contribution in [-0.2, 0) is 9.59 Å². The van der Waals surface area contributed by atoms with E-state index < -0.39 is 36.2 Å². The summed E-state index contributed by atoms with van der Waals surface area (Å²) in [5, 5.41) is 29.9. The Morgan fingerprint density at radius 2 is 1.78 bits per heavy atom. The maximum Gasteiger partial charge on any atom is 0.348 e. The number of pyridine rings is 1. The molecule has 17 heteroatoms. The Morgan fingerprint density at radius 3 is 2.31 bits per heavy atom. The van der Waals surface area contributed by atoms with Crippen molar-refractivity contribution < 1.29 is 38.1 Å². The number of benzene rings is 2. The van der Waals surface area contributed by atoms with Crippen LogP contribution in [0.5, 0.6) is 11.5 Å². The van der Waals surface area contributed by atoms with Gasteiger partial charge in [-0.3, -0.25) is 20.0 Å². The number of carboxylic acid groups (broad SMARTS) is 2. The Bertz CT molecular complexity index is 1660. The Kier molecular flexibility index (Phi) is 13.0. The maximum absolute atomic E-state index is 15.7. The van der Waals surface area contributed by atoms with Gasteiger partial charge in [0.25, 0.3) is 11.9 Å². The molecule has 240 valence electrons. The fourth-order valence-electron chi connectivity index (χ4n) is 3.60. The zero-order valence-corrected chi connectivity index (χ0v) is 24.4. The minimum atomic E-state index is -1.07. The number of aliphatic carboxylic acids is 2. The summed E-state index contributed by atoms with van der Waals surface area (Å²) in [6.45, 7) is 0.986. The van der Waals surface area contributed by atoms with Crippen LogP contribution in [0, 0.1) is 11.2 Å². The van der Waals surface area contributed by atoms with Gasteiger partial charge in [0.1, 0.15) is 42.4 Å². The van der Waals surface area contributed by atoms with Gasteiger partial charge in [-0.1, -0.05) is 0 Å². The van der Waals surface area contributed by atoms with Gasteiger partial charge in [-0.2, -0.15) is 4.68 Å². The summed E-state index contributed by atoms with van der Waals surface area (Å²) in [5.74, 6) is -2.47. The van der Waals surface area contributed by atoms with Crippen LogP contribution in [0.1, 0.15) is 36.8 Å². The number of methoxy groups -OCH3 is 1. The molecule has 0 amide bonds. The molecule has 4 rings (SSSR count). The van der Waals surface area contributed by atoms with E-state index in [1.165, 1.54) is 25.4 Å². The highest BCUT2D eigenvalue weighted by atomic mass is 19.1. The van der Waals surface area contributed by atoms with Gasteiger partial charge in [0, 0.05) is 42.9 Å². The molecular formula is C28H32F2N8O7. The van der Waals surface area contributed by atoms with Crippen molar-refractivity contribution in [1.29, 1.82) is 5.41 Å². The normalized spacial score (nSPS) is 10.7. The molecule has 0 aliphatic carbocycles. The number of aromatic nitrogens is 4. The summed E-state index contributed by atoms with van der Waals surface area (Å²) in [4.78, 5) is 37.4. The van der Waals surface area contributed by atoms with Gasteiger partial charge < -0.3 is 36.5 Å². The van der Waals surface area contributed by atoms with Crippen LogP contribution in [0.15, 0.2) is 59.5 Å². The fraction of sp³-hybridized carbons (Fsp3) is 0.214. The van der Waals surface area contributed by atoms with Crippen LogP contribution >= 0.6 is 0 Å². The van der Waals surface area contributed by atoms with Gasteiger partial charge in [0.2, 0.25) is 0 Å². The van der Waals surface area contributed by atoms with Crippen LogP contribution in [0.2, 0.25) is 0 Å². The average Bonchev–Trinajstić information content (AvgIpc) is 3.36. The summed E-state index contributed by atoms with van der Waals surface area (Å²) in [7, 11) is 1.39. The number of hydrogen-bond acceptors (Lipinski definition) is 10. The number of nitrogens with two attached hydrogens (primary N) is 2. The lowest BCUT2D eigenvalue weighted by atomic mass is 10.0. The highest BCUT2D eigenvalue weighted by Gasteiger charge is 2.27. The van der Waals surface area contributed by atoms with E-state index in [1.807, 2.05) is 0 Å². The first-order valence-electron chi connectivity index (χ1n) is 12.8. The summed E-state index contributed by atoms with van der Waals surface area (Å²) in [5.41, 5.74) is 12.0. The number of ether oxygens (including phenoxy) is 2. The SMILES string of the molecule is CC(=O)O.CC(=O)O.COc1cc(OCCF)c(F)c(C(Nc2ccc(C(=N)N)cc2)c2nn(-c3cccnc3N)c(=O)[nH]2)c1. The number of amidine groups is 1. The van der Waals surface area contributed by atoms with E-state index >= 15 is 4.39 Å². The molecule has 2 heterocycles. The lowest BCUT2D eigenvalue weighted by Crippen LogP contribution is -2.18. The van der Waals surface area contributed by atoms with Crippen molar-refractivity contribution in [1.82, 2.24) is 19.7 Å². The molecule has 0 bridgehead atoms. The van der Waals surface area contributed by atoms with E-state index in [9.17, 15) is 9.18 Å². The molecule has 0 aliphatic rings. The number of halogens is 2. The molecule has 0 aliphatic heterocycles. The molecule has 0 saturated carbocycles. The quantitative estimate of drug-likeness (QED) is 0.0988. The van der Waals surface area contributed by atoms with Crippen LogP contribution in [0.3, 0.4) is 0 Å². The second-order valence-corrected chi connectivity index (χ2v) is 8.81. The smallest absolute Gasteiger partial charge is 0.348 e. The highest BCUT2D eigenvalue weighted by molar-refractivity contribution is 5.95. The molecule has 1 atom stereocenters.